The van der Waals surface area contributed by atoms with E-state index in [0.717, 1.165) is 27.0 Å². The number of thiazole rings is 1. The van der Waals surface area contributed by atoms with Crippen LogP contribution in [0.4, 0.5) is 10.8 Å². The molecule has 1 aliphatic heterocycles. The Balaban J connectivity index is 1.39. The van der Waals surface area contributed by atoms with Crippen molar-refractivity contribution in [3.63, 3.8) is 0 Å². The van der Waals surface area contributed by atoms with Crippen LogP contribution in [0.15, 0.2) is 36.4 Å². The minimum atomic E-state index is -0.257. The number of hydrogen-bond donors (Lipinski definition) is 2. The summed E-state index contributed by atoms with van der Waals surface area (Å²) in [4.78, 5) is 28.0. The first-order chi connectivity index (χ1) is 12.6. The first-order valence-corrected chi connectivity index (χ1v) is 9.12. The molecule has 3 aromatic rings. The lowest BCUT2D eigenvalue weighted by atomic mass is 10.0. The smallest absolute Gasteiger partial charge is 0.264 e. The number of nitrogens with one attached hydrogen (secondary N) is 2. The quantitative estimate of drug-likeness (QED) is 0.739. The summed E-state index contributed by atoms with van der Waals surface area (Å²) >= 11 is 1.44. The molecule has 0 unspecified atom stereocenters. The first kappa shape index (κ1) is 16.5. The van der Waals surface area contributed by atoms with Gasteiger partial charge in [0.1, 0.15) is 5.75 Å². The van der Waals surface area contributed by atoms with Gasteiger partial charge in [0.05, 0.1) is 10.2 Å². The number of carbonyl (C=O) groups is 2. The van der Waals surface area contributed by atoms with Crippen LogP contribution in [0, 0.1) is 6.92 Å². The molecule has 2 amide bonds. The summed E-state index contributed by atoms with van der Waals surface area (Å²) < 4.78 is 6.62. The van der Waals surface area contributed by atoms with Gasteiger partial charge in [0.15, 0.2) is 11.7 Å². The van der Waals surface area contributed by atoms with E-state index in [2.05, 4.69) is 15.6 Å². The summed E-state index contributed by atoms with van der Waals surface area (Å²) in [5.74, 6) is 0.375. The minimum absolute atomic E-state index is 0.0246. The molecule has 1 aliphatic rings. The number of rotatable bonds is 4. The van der Waals surface area contributed by atoms with Gasteiger partial charge in [-0.2, -0.15) is 0 Å². The number of para-hydroxylation sites is 1. The second-order valence-corrected chi connectivity index (χ2v) is 7.18. The molecule has 0 fully saturated rings. The summed E-state index contributed by atoms with van der Waals surface area (Å²) in [5.41, 5.74) is 3.81. The second kappa shape index (κ2) is 6.76. The maximum absolute atomic E-state index is 12.2. The van der Waals surface area contributed by atoms with Crippen LogP contribution in [-0.4, -0.2) is 23.4 Å². The average molecular weight is 367 g/mol. The molecule has 2 N–H and O–H groups in total. The normalized spacial score (nSPS) is 13.2. The third kappa shape index (κ3) is 3.39. The van der Waals surface area contributed by atoms with Crippen LogP contribution < -0.4 is 15.4 Å². The number of ether oxygens (including phenoxy) is 1. The molecular formula is C19H17N3O3S. The number of amides is 2. The number of fused-ring (bicyclic) bond motifs is 2. The Labute approximate surface area is 154 Å². The Morgan fingerprint density at radius 3 is 3.04 bits per heavy atom. The van der Waals surface area contributed by atoms with Gasteiger partial charge >= 0.3 is 0 Å². The van der Waals surface area contributed by atoms with Crippen molar-refractivity contribution in [1.29, 1.82) is 0 Å². The molecule has 0 radical (unpaired) electrons. The van der Waals surface area contributed by atoms with E-state index in [1.165, 1.54) is 11.3 Å². The molecule has 4 rings (SSSR count). The number of benzene rings is 2. The van der Waals surface area contributed by atoms with E-state index in [1.807, 2.05) is 31.2 Å². The molecule has 0 aliphatic carbocycles. The average Bonchev–Trinajstić information content (AvgIpc) is 3.04. The van der Waals surface area contributed by atoms with Crippen molar-refractivity contribution in [3.8, 4) is 5.75 Å². The highest BCUT2D eigenvalue weighted by atomic mass is 32.1. The van der Waals surface area contributed by atoms with Gasteiger partial charge in [-0.1, -0.05) is 23.5 Å². The molecule has 26 heavy (non-hydrogen) atoms. The Morgan fingerprint density at radius 1 is 1.31 bits per heavy atom. The lowest BCUT2D eigenvalue weighted by Crippen LogP contribution is -2.21. The highest BCUT2D eigenvalue weighted by molar-refractivity contribution is 7.22. The maximum atomic E-state index is 12.2. The molecule has 6 nitrogen and oxygen atoms in total. The van der Waals surface area contributed by atoms with Gasteiger partial charge in [0.25, 0.3) is 5.91 Å². The number of aromatic nitrogens is 1. The summed E-state index contributed by atoms with van der Waals surface area (Å²) in [6, 6.07) is 11.4. The van der Waals surface area contributed by atoms with Gasteiger partial charge in [0.2, 0.25) is 5.91 Å². The van der Waals surface area contributed by atoms with Crippen molar-refractivity contribution in [2.75, 3.05) is 17.2 Å². The van der Waals surface area contributed by atoms with Crippen molar-refractivity contribution in [2.45, 2.75) is 19.8 Å². The number of anilines is 2. The maximum Gasteiger partial charge on any atom is 0.264 e. The number of aryl methyl sites for hydroxylation is 2. The molecule has 2 heterocycles. The van der Waals surface area contributed by atoms with E-state index in [-0.39, 0.29) is 18.4 Å². The number of carbonyl (C=O) groups excluding carboxylic acids is 2. The molecule has 132 valence electrons. The fraction of sp³-hybridized carbons (Fsp3) is 0.211. The zero-order valence-corrected chi connectivity index (χ0v) is 15.0. The SMILES string of the molecule is Cc1cccc2sc(NC(=O)COc3ccc4c(c3)CCC(=O)N4)nc12. The van der Waals surface area contributed by atoms with Crippen LogP contribution in [0.1, 0.15) is 17.5 Å². The largest absolute Gasteiger partial charge is 0.484 e. The van der Waals surface area contributed by atoms with Crippen molar-refractivity contribution in [1.82, 2.24) is 4.98 Å². The molecule has 0 saturated heterocycles. The predicted octanol–water partition coefficient (Wildman–Crippen LogP) is 3.51. The zero-order valence-electron chi connectivity index (χ0n) is 14.2. The van der Waals surface area contributed by atoms with Gasteiger partial charge in [0, 0.05) is 12.1 Å². The third-order valence-corrected chi connectivity index (χ3v) is 5.15. The molecule has 0 spiro atoms. The first-order valence-electron chi connectivity index (χ1n) is 8.30. The molecule has 0 atom stereocenters. The van der Waals surface area contributed by atoms with Crippen molar-refractivity contribution in [2.24, 2.45) is 0 Å². The Kier molecular flexibility index (Phi) is 4.30. The molecule has 7 heteroatoms. The highest BCUT2D eigenvalue weighted by Crippen LogP contribution is 2.28. The molecule has 0 bridgehead atoms. The van der Waals surface area contributed by atoms with Crippen LogP contribution in [-0.2, 0) is 16.0 Å². The highest BCUT2D eigenvalue weighted by Gasteiger charge is 2.15. The summed E-state index contributed by atoms with van der Waals surface area (Å²) in [6.45, 7) is 1.90. The van der Waals surface area contributed by atoms with Crippen molar-refractivity contribution in [3.05, 3.63) is 47.5 Å². The predicted molar refractivity (Wildman–Crippen MR) is 102 cm³/mol. The topological polar surface area (TPSA) is 80.3 Å². The molecule has 1 aromatic heterocycles. The van der Waals surface area contributed by atoms with Crippen molar-refractivity contribution >= 4 is 44.2 Å². The van der Waals surface area contributed by atoms with E-state index in [4.69, 9.17) is 4.74 Å². The lowest BCUT2D eigenvalue weighted by molar-refractivity contribution is -0.118. The van der Waals surface area contributed by atoms with E-state index in [9.17, 15) is 9.59 Å². The molecule has 0 saturated carbocycles. The van der Waals surface area contributed by atoms with Gasteiger partial charge in [-0.15, -0.1) is 0 Å². The van der Waals surface area contributed by atoms with Gasteiger partial charge < -0.3 is 10.1 Å². The second-order valence-electron chi connectivity index (χ2n) is 6.14. The van der Waals surface area contributed by atoms with Gasteiger partial charge in [-0.25, -0.2) is 4.98 Å². The summed E-state index contributed by atoms with van der Waals surface area (Å²) in [7, 11) is 0. The number of nitrogens with zero attached hydrogens (tertiary/aromatic N) is 1. The third-order valence-electron chi connectivity index (χ3n) is 4.21. The summed E-state index contributed by atoms with van der Waals surface area (Å²) in [6.07, 6.45) is 1.14. The fourth-order valence-corrected chi connectivity index (χ4v) is 3.85. The monoisotopic (exact) mass is 367 g/mol. The van der Waals surface area contributed by atoms with Crippen LogP contribution in [0.25, 0.3) is 10.2 Å². The van der Waals surface area contributed by atoms with Crippen LogP contribution >= 0.6 is 11.3 Å². The van der Waals surface area contributed by atoms with Gasteiger partial charge in [-0.3, -0.25) is 14.9 Å². The van der Waals surface area contributed by atoms with Crippen LogP contribution in [0.3, 0.4) is 0 Å². The fourth-order valence-electron chi connectivity index (χ4n) is 2.89. The van der Waals surface area contributed by atoms with E-state index < -0.39 is 0 Å². The Bertz CT molecular complexity index is 1010. The van der Waals surface area contributed by atoms with E-state index in [0.29, 0.717) is 23.7 Å². The van der Waals surface area contributed by atoms with E-state index in [1.54, 1.807) is 12.1 Å². The van der Waals surface area contributed by atoms with E-state index >= 15 is 0 Å². The van der Waals surface area contributed by atoms with Crippen molar-refractivity contribution < 1.29 is 14.3 Å². The molecule has 2 aromatic carbocycles. The lowest BCUT2D eigenvalue weighted by Gasteiger charge is -2.17. The zero-order chi connectivity index (χ0) is 18.1. The van der Waals surface area contributed by atoms with Gasteiger partial charge in [-0.05, 0) is 48.7 Å². The Hall–Kier alpha value is -2.93. The Morgan fingerprint density at radius 2 is 2.19 bits per heavy atom. The molecular weight excluding hydrogens is 350 g/mol. The standard InChI is InChI=1S/C19H17N3O3S/c1-11-3-2-4-15-18(11)22-19(26-15)21-17(24)10-25-13-6-7-14-12(9-13)5-8-16(23)20-14/h2-4,6-7,9H,5,8,10H2,1H3,(H,20,23)(H,21,22,24). The number of hydrogen-bond acceptors (Lipinski definition) is 5. The summed E-state index contributed by atoms with van der Waals surface area (Å²) in [5, 5.41) is 6.17. The van der Waals surface area contributed by atoms with Crippen LogP contribution in [0.2, 0.25) is 0 Å². The minimum Gasteiger partial charge on any atom is -0.484 e. The van der Waals surface area contributed by atoms with Crippen LogP contribution in [0.5, 0.6) is 5.75 Å².